The highest BCUT2D eigenvalue weighted by molar-refractivity contribution is 6.31. The zero-order chi connectivity index (χ0) is 21.7. The second kappa shape index (κ2) is 9.68. The van der Waals surface area contributed by atoms with E-state index in [-0.39, 0.29) is 5.91 Å². The molecule has 5 heteroatoms. The number of rotatable bonds is 7. The number of halogens is 1. The van der Waals surface area contributed by atoms with Gasteiger partial charge in [-0.25, -0.2) is 0 Å². The Morgan fingerprint density at radius 2 is 1.67 bits per heavy atom. The molecule has 156 valence electrons. The molecule has 30 heavy (non-hydrogen) atoms. The standard InChI is InChI=1S/C25H26ClNO3/c1-5-29-24-11-8-19(25(28)27-21-9-6-17(3)23(26)14-21)13-20(24)15-30-22-10-7-16(2)18(4)12-22/h6-14H,5,15H2,1-4H3,(H,27,28). The fourth-order valence-corrected chi connectivity index (χ4v) is 3.15. The van der Waals surface area contributed by atoms with Crippen LogP contribution < -0.4 is 14.8 Å². The summed E-state index contributed by atoms with van der Waals surface area (Å²) in [6.45, 7) is 8.79. The van der Waals surface area contributed by atoms with Crippen LogP contribution in [-0.2, 0) is 6.61 Å². The highest BCUT2D eigenvalue weighted by atomic mass is 35.5. The third-order valence-electron chi connectivity index (χ3n) is 4.92. The van der Waals surface area contributed by atoms with Gasteiger partial charge in [0.1, 0.15) is 18.1 Å². The maximum atomic E-state index is 12.8. The summed E-state index contributed by atoms with van der Waals surface area (Å²) in [4.78, 5) is 12.8. The van der Waals surface area contributed by atoms with Crippen LogP contribution in [0.25, 0.3) is 0 Å². The number of aryl methyl sites for hydroxylation is 3. The smallest absolute Gasteiger partial charge is 0.255 e. The first-order valence-corrected chi connectivity index (χ1v) is 10.3. The summed E-state index contributed by atoms with van der Waals surface area (Å²) in [5.41, 5.74) is 5.33. The molecule has 0 bridgehead atoms. The van der Waals surface area contributed by atoms with E-state index in [4.69, 9.17) is 21.1 Å². The lowest BCUT2D eigenvalue weighted by Crippen LogP contribution is -2.13. The molecule has 3 aromatic carbocycles. The van der Waals surface area contributed by atoms with Crippen LogP contribution in [0.15, 0.2) is 54.6 Å². The molecule has 0 saturated heterocycles. The van der Waals surface area contributed by atoms with E-state index in [0.29, 0.717) is 35.2 Å². The summed E-state index contributed by atoms with van der Waals surface area (Å²) in [7, 11) is 0. The van der Waals surface area contributed by atoms with Crippen molar-refractivity contribution in [1.82, 2.24) is 0 Å². The summed E-state index contributed by atoms with van der Waals surface area (Å²) >= 11 is 6.16. The molecular weight excluding hydrogens is 398 g/mol. The second-order valence-corrected chi connectivity index (χ2v) is 7.62. The molecule has 0 heterocycles. The van der Waals surface area contributed by atoms with Gasteiger partial charge in [-0.3, -0.25) is 4.79 Å². The van der Waals surface area contributed by atoms with E-state index in [0.717, 1.165) is 16.9 Å². The van der Waals surface area contributed by atoms with Gasteiger partial charge in [0.25, 0.3) is 5.91 Å². The first kappa shape index (κ1) is 21.7. The SMILES string of the molecule is CCOc1ccc(C(=O)Nc2ccc(C)c(Cl)c2)cc1COc1ccc(C)c(C)c1. The number of benzene rings is 3. The molecule has 0 unspecified atom stereocenters. The lowest BCUT2D eigenvalue weighted by atomic mass is 10.1. The maximum absolute atomic E-state index is 12.8. The molecule has 0 saturated carbocycles. The van der Waals surface area contributed by atoms with Crippen molar-refractivity contribution in [2.75, 3.05) is 11.9 Å². The number of carbonyl (C=O) groups is 1. The van der Waals surface area contributed by atoms with Crippen LogP contribution in [0.2, 0.25) is 5.02 Å². The van der Waals surface area contributed by atoms with Gasteiger partial charge in [-0.2, -0.15) is 0 Å². The molecule has 0 radical (unpaired) electrons. The van der Waals surface area contributed by atoms with Crippen molar-refractivity contribution in [1.29, 1.82) is 0 Å². The fourth-order valence-electron chi connectivity index (χ4n) is 2.97. The number of hydrogen-bond donors (Lipinski definition) is 1. The molecule has 0 atom stereocenters. The van der Waals surface area contributed by atoms with Crippen molar-refractivity contribution in [3.63, 3.8) is 0 Å². The van der Waals surface area contributed by atoms with Gasteiger partial charge < -0.3 is 14.8 Å². The van der Waals surface area contributed by atoms with Crippen LogP contribution in [0.5, 0.6) is 11.5 Å². The lowest BCUT2D eigenvalue weighted by Gasteiger charge is -2.14. The average molecular weight is 424 g/mol. The van der Waals surface area contributed by atoms with Gasteiger partial charge in [0.05, 0.1) is 6.61 Å². The quantitative estimate of drug-likeness (QED) is 0.472. The van der Waals surface area contributed by atoms with E-state index in [1.165, 1.54) is 11.1 Å². The van der Waals surface area contributed by atoms with Gasteiger partial charge >= 0.3 is 0 Å². The third kappa shape index (κ3) is 5.33. The van der Waals surface area contributed by atoms with Gasteiger partial charge in [-0.05, 0) is 86.8 Å². The maximum Gasteiger partial charge on any atom is 0.255 e. The first-order valence-electron chi connectivity index (χ1n) is 9.90. The summed E-state index contributed by atoms with van der Waals surface area (Å²) in [5, 5.41) is 3.50. The highest BCUT2D eigenvalue weighted by Gasteiger charge is 2.12. The molecule has 3 rings (SSSR count). The number of amides is 1. The van der Waals surface area contributed by atoms with E-state index in [1.807, 2.05) is 44.2 Å². The molecule has 0 aliphatic rings. The van der Waals surface area contributed by atoms with Crippen molar-refractivity contribution in [2.45, 2.75) is 34.3 Å². The lowest BCUT2D eigenvalue weighted by molar-refractivity contribution is 0.102. The molecule has 4 nitrogen and oxygen atoms in total. The van der Waals surface area contributed by atoms with Crippen LogP contribution >= 0.6 is 11.6 Å². The third-order valence-corrected chi connectivity index (χ3v) is 5.33. The van der Waals surface area contributed by atoms with E-state index in [1.54, 1.807) is 24.3 Å². The molecule has 1 N–H and O–H groups in total. The topological polar surface area (TPSA) is 47.6 Å². The Kier molecular flexibility index (Phi) is 7.01. The van der Waals surface area contributed by atoms with Gasteiger partial charge in [-0.15, -0.1) is 0 Å². The Bertz CT molecular complexity index is 1060. The molecule has 0 aliphatic carbocycles. The average Bonchev–Trinajstić information content (AvgIpc) is 2.72. The zero-order valence-corrected chi connectivity index (χ0v) is 18.5. The molecule has 0 spiro atoms. The Morgan fingerprint density at radius 3 is 2.37 bits per heavy atom. The minimum Gasteiger partial charge on any atom is -0.493 e. The second-order valence-electron chi connectivity index (χ2n) is 7.21. The molecule has 0 fully saturated rings. The zero-order valence-electron chi connectivity index (χ0n) is 17.7. The van der Waals surface area contributed by atoms with Crippen molar-refractivity contribution >= 4 is 23.2 Å². The fraction of sp³-hybridized carbons (Fsp3) is 0.240. The monoisotopic (exact) mass is 423 g/mol. The molecule has 0 aliphatic heterocycles. The summed E-state index contributed by atoms with van der Waals surface area (Å²) in [6, 6.07) is 16.8. The summed E-state index contributed by atoms with van der Waals surface area (Å²) in [5.74, 6) is 1.27. The molecular formula is C25H26ClNO3. The summed E-state index contributed by atoms with van der Waals surface area (Å²) < 4.78 is 11.7. The van der Waals surface area contributed by atoms with Crippen molar-refractivity contribution in [3.8, 4) is 11.5 Å². The van der Waals surface area contributed by atoms with Gasteiger partial charge in [0.2, 0.25) is 0 Å². The predicted octanol–water partition coefficient (Wildman–Crippen LogP) is 6.50. The van der Waals surface area contributed by atoms with Crippen LogP contribution in [0, 0.1) is 20.8 Å². The Labute approximate surface area is 182 Å². The molecule has 0 aromatic heterocycles. The number of nitrogens with one attached hydrogen (secondary N) is 1. The predicted molar refractivity (Wildman–Crippen MR) is 122 cm³/mol. The Morgan fingerprint density at radius 1 is 0.900 bits per heavy atom. The minimum absolute atomic E-state index is 0.217. The van der Waals surface area contributed by atoms with E-state index in [9.17, 15) is 4.79 Å². The minimum atomic E-state index is -0.217. The number of carbonyl (C=O) groups excluding carboxylic acids is 1. The van der Waals surface area contributed by atoms with Crippen molar-refractivity contribution < 1.29 is 14.3 Å². The van der Waals surface area contributed by atoms with Gasteiger partial charge in [0.15, 0.2) is 0 Å². The normalized spacial score (nSPS) is 10.6. The van der Waals surface area contributed by atoms with Crippen LogP contribution in [0.1, 0.15) is 39.5 Å². The van der Waals surface area contributed by atoms with Crippen LogP contribution in [0.4, 0.5) is 5.69 Å². The first-order chi connectivity index (χ1) is 14.4. The van der Waals surface area contributed by atoms with Crippen molar-refractivity contribution in [3.05, 3.63) is 87.4 Å². The molecule has 3 aromatic rings. The number of hydrogen-bond acceptors (Lipinski definition) is 3. The Balaban J connectivity index is 1.79. The van der Waals surface area contributed by atoms with Crippen LogP contribution in [-0.4, -0.2) is 12.5 Å². The summed E-state index contributed by atoms with van der Waals surface area (Å²) in [6.07, 6.45) is 0. The van der Waals surface area contributed by atoms with E-state index in [2.05, 4.69) is 19.2 Å². The van der Waals surface area contributed by atoms with Crippen molar-refractivity contribution in [2.24, 2.45) is 0 Å². The largest absolute Gasteiger partial charge is 0.493 e. The Hall–Kier alpha value is -2.98. The van der Waals surface area contributed by atoms with Crippen LogP contribution in [0.3, 0.4) is 0 Å². The van der Waals surface area contributed by atoms with Gasteiger partial charge in [-0.1, -0.05) is 23.7 Å². The number of anilines is 1. The highest BCUT2D eigenvalue weighted by Crippen LogP contribution is 2.25. The van der Waals surface area contributed by atoms with E-state index >= 15 is 0 Å². The van der Waals surface area contributed by atoms with Gasteiger partial charge in [0, 0.05) is 21.8 Å². The number of ether oxygens (including phenoxy) is 2. The van der Waals surface area contributed by atoms with E-state index < -0.39 is 0 Å². The molecule has 1 amide bonds.